The molecule has 0 aromatic rings. The lowest BCUT2D eigenvalue weighted by atomic mass is 10.0. The van der Waals surface area contributed by atoms with Gasteiger partial charge in [0.25, 0.3) is 0 Å². The average molecular weight is 290 g/mol. The van der Waals surface area contributed by atoms with Crippen molar-refractivity contribution in [1.29, 1.82) is 0 Å². The molecule has 0 heterocycles. The van der Waals surface area contributed by atoms with Gasteiger partial charge in [0.2, 0.25) is 0 Å². The van der Waals surface area contributed by atoms with E-state index in [0.717, 1.165) is 37.8 Å². The number of carboxylic acids is 2. The molecule has 0 spiro atoms. The molecule has 0 saturated heterocycles. The van der Waals surface area contributed by atoms with Gasteiger partial charge < -0.3 is 20.4 Å². The zero-order chi connectivity index (χ0) is 16.4. The number of aliphatic hydroxyl groups is 2. The van der Waals surface area contributed by atoms with E-state index < -0.39 is 11.9 Å². The largest absolute Gasteiger partial charge is 0.478 e. The number of carboxylic acid groups (broad SMARTS) is 2. The van der Waals surface area contributed by atoms with E-state index in [1.165, 1.54) is 0 Å². The molecule has 0 amide bonds. The molecule has 0 aromatic carbocycles. The standard InChI is InChI=1S/C8H18O2.2C3H4O2/c1-2-8(7-10)5-3-4-6-9;2*1-2-3(4)5/h8-10H,2-7H2,1H3;2*2H,1H2,(H,4,5). The van der Waals surface area contributed by atoms with Gasteiger partial charge in [0.15, 0.2) is 0 Å². The Bertz CT molecular complexity index is 240. The number of carbonyl (C=O) groups is 2. The Morgan fingerprint density at radius 3 is 1.65 bits per heavy atom. The van der Waals surface area contributed by atoms with Crippen LogP contribution in [0.1, 0.15) is 32.6 Å². The molecule has 6 heteroatoms. The minimum absolute atomic E-state index is 0.280. The van der Waals surface area contributed by atoms with E-state index in [2.05, 4.69) is 20.1 Å². The molecule has 1 unspecified atom stereocenters. The summed E-state index contributed by atoms with van der Waals surface area (Å²) >= 11 is 0. The Labute approximate surface area is 120 Å². The Hall–Kier alpha value is -1.66. The van der Waals surface area contributed by atoms with Gasteiger partial charge >= 0.3 is 11.9 Å². The highest BCUT2D eigenvalue weighted by atomic mass is 16.4. The van der Waals surface area contributed by atoms with Gasteiger partial charge in [-0.1, -0.05) is 32.9 Å². The third-order valence-electron chi connectivity index (χ3n) is 2.21. The normalized spacial score (nSPS) is 9.95. The maximum absolute atomic E-state index is 9.25. The Balaban J connectivity index is -0.000000244. The zero-order valence-corrected chi connectivity index (χ0v) is 12.0. The van der Waals surface area contributed by atoms with E-state index >= 15 is 0 Å². The summed E-state index contributed by atoms with van der Waals surface area (Å²) in [6.07, 6.45) is 5.67. The summed E-state index contributed by atoms with van der Waals surface area (Å²) in [6.45, 7) is 8.58. The molecule has 0 aliphatic carbocycles. The van der Waals surface area contributed by atoms with Gasteiger partial charge in [-0.2, -0.15) is 0 Å². The second-order valence-electron chi connectivity index (χ2n) is 3.76. The van der Waals surface area contributed by atoms with Crippen molar-refractivity contribution >= 4 is 11.9 Å². The second kappa shape index (κ2) is 19.7. The molecule has 0 aromatic heterocycles. The average Bonchev–Trinajstić information content (AvgIpc) is 2.45. The molecule has 0 radical (unpaired) electrons. The first-order chi connectivity index (χ1) is 9.39. The van der Waals surface area contributed by atoms with Crippen molar-refractivity contribution in [2.75, 3.05) is 13.2 Å². The monoisotopic (exact) mass is 290 g/mol. The van der Waals surface area contributed by atoms with Crippen LogP contribution >= 0.6 is 0 Å². The Morgan fingerprint density at radius 1 is 1.05 bits per heavy atom. The molecule has 1 atom stereocenters. The molecule has 0 saturated carbocycles. The van der Waals surface area contributed by atoms with E-state index in [9.17, 15) is 9.59 Å². The van der Waals surface area contributed by atoms with Crippen LogP contribution < -0.4 is 0 Å². The number of rotatable bonds is 8. The zero-order valence-electron chi connectivity index (χ0n) is 12.0. The summed E-state index contributed by atoms with van der Waals surface area (Å²) in [5.41, 5.74) is 0. The topological polar surface area (TPSA) is 115 Å². The smallest absolute Gasteiger partial charge is 0.327 e. The van der Waals surface area contributed by atoms with Crippen LogP contribution in [0.4, 0.5) is 0 Å². The highest BCUT2D eigenvalue weighted by molar-refractivity contribution is 5.79. The van der Waals surface area contributed by atoms with Crippen molar-refractivity contribution in [2.24, 2.45) is 5.92 Å². The third-order valence-corrected chi connectivity index (χ3v) is 2.21. The van der Waals surface area contributed by atoms with Crippen LogP contribution in [-0.4, -0.2) is 45.6 Å². The summed E-state index contributed by atoms with van der Waals surface area (Å²) in [7, 11) is 0. The first-order valence-electron chi connectivity index (χ1n) is 6.31. The van der Waals surface area contributed by atoms with E-state index in [1.54, 1.807) is 0 Å². The van der Waals surface area contributed by atoms with Crippen LogP contribution in [0.5, 0.6) is 0 Å². The van der Waals surface area contributed by atoms with Gasteiger partial charge in [0.05, 0.1) is 0 Å². The number of aliphatic hydroxyl groups excluding tert-OH is 2. The molecule has 0 rings (SSSR count). The molecular formula is C14H26O6. The lowest BCUT2D eigenvalue weighted by molar-refractivity contribution is -0.132. The molecule has 4 N–H and O–H groups in total. The summed E-state index contributed by atoms with van der Waals surface area (Å²) in [6, 6.07) is 0. The van der Waals surface area contributed by atoms with Crippen molar-refractivity contribution in [3.63, 3.8) is 0 Å². The SMILES string of the molecule is C=CC(=O)O.C=CC(=O)O.CCC(CO)CCCCO. The fourth-order valence-corrected chi connectivity index (χ4v) is 0.969. The lowest BCUT2D eigenvalue weighted by Crippen LogP contribution is -2.04. The van der Waals surface area contributed by atoms with Crippen molar-refractivity contribution < 1.29 is 30.0 Å². The van der Waals surface area contributed by atoms with E-state index in [1.807, 2.05) is 0 Å². The van der Waals surface area contributed by atoms with Gasteiger partial charge in [-0.3, -0.25) is 0 Å². The fraction of sp³-hybridized carbons (Fsp3) is 0.571. The van der Waals surface area contributed by atoms with E-state index in [4.69, 9.17) is 20.4 Å². The number of hydrogen-bond donors (Lipinski definition) is 4. The first-order valence-corrected chi connectivity index (χ1v) is 6.31. The van der Waals surface area contributed by atoms with Crippen molar-refractivity contribution in [3.8, 4) is 0 Å². The predicted octanol–water partition coefficient (Wildman–Crippen LogP) is 1.68. The maximum Gasteiger partial charge on any atom is 0.327 e. The Kier molecular flexibility index (Phi) is 23.1. The molecule has 20 heavy (non-hydrogen) atoms. The lowest BCUT2D eigenvalue weighted by Gasteiger charge is -2.09. The van der Waals surface area contributed by atoms with Crippen LogP contribution in [0.25, 0.3) is 0 Å². The molecule has 118 valence electrons. The highest BCUT2D eigenvalue weighted by Crippen LogP contribution is 2.10. The predicted molar refractivity (Wildman–Crippen MR) is 77.5 cm³/mol. The van der Waals surface area contributed by atoms with Crippen LogP contribution in [-0.2, 0) is 9.59 Å². The summed E-state index contributed by atoms with van der Waals surface area (Å²) in [5.74, 6) is -1.51. The van der Waals surface area contributed by atoms with E-state index in [0.29, 0.717) is 12.5 Å². The highest BCUT2D eigenvalue weighted by Gasteiger charge is 2.02. The minimum Gasteiger partial charge on any atom is -0.478 e. The molecular weight excluding hydrogens is 264 g/mol. The molecule has 0 bridgehead atoms. The van der Waals surface area contributed by atoms with Crippen LogP contribution in [0, 0.1) is 5.92 Å². The number of aliphatic carboxylic acids is 2. The number of unbranched alkanes of at least 4 members (excludes halogenated alkanes) is 1. The fourth-order valence-electron chi connectivity index (χ4n) is 0.969. The van der Waals surface area contributed by atoms with Crippen molar-refractivity contribution in [1.82, 2.24) is 0 Å². The van der Waals surface area contributed by atoms with E-state index in [-0.39, 0.29) is 6.61 Å². The summed E-state index contributed by atoms with van der Waals surface area (Å²) < 4.78 is 0. The van der Waals surface area contributed by atoms with Gasteiger partial charge in [-0.25, -0.2) is 9.59 Å². The van der Waals surface area contributed by atoms with Gasteiger partial charge in [0.1, 0.15) is 0 Å². The first kappa shape index (κ1) is 23.4. The van der Waals surface area contributed by atoms with Crippen molar-refractivity contribution in [3.05, 3.63) is 25.3 Å². The summed E-state index contributed by atoms with van der Waals surface area (Å²) in [5, 5.41) is 32.4. The summed E-state index contributed by atoms with van der Waals surface area (Å²) in [4.78, 5) is 18.5. The van der Waals surface area contributed by atoms with Crippen molar-refractivity contribution in [2.45, 2.75) is 32.6 Å². The van der Waals surface area contributed by atoms with Crippen LogP contribution in [0.2, 0.25) is 0 Å². The molecule has 0 aliphatic heterocycles. The quantitative estimate of drug-likeness (QED) is 0.399. The molecule has 0 fully saturated rings. The maximum atomic E-state index is 9.25. The van der Waals surface area contributed by atoms with Gasteiger partial charge in [0, 0.05) is 25.4 Å². The Morgan fingerprint density at radius 2 is 1.45 bits per heavy atom. The molecule has 6 nitrogen and oxygen atoms in total. The van der Waals surface area contributed by atoms with Crippen LogP contribution in [0.3, 0.4) is 0 Å². The van der Waals surface area contributed by atoms with Crippen LogP contribution in [0.15, 0.2) is 25.3 Å². The van der Waals surface area contributed by atoms with Gasteiger partial charge in [-0.15, -0.1) is 0 Å². The second-order valence-corrected chi connectivity index (χ2v) is 3.76. The number of hydrogen-bond acceptors (Lipinski definition) is 4. The third kappa shape index (κ3) is 29.9. The minimum atomic E-state index is -0.981. The molecule has 0 aliphatic rings. The van der Waals surface area contributed by atoms with Gasteiger partial charge in [-0.05, 0) is 18.8 Å².